The van der Waals surface area contributed by atoms with Gasteiger partial charge in [-0.3, -0.25) is 9.59 Å². The van der Waals surface area contributed by atoms with Crippen molar-refractivity contribution in [2.75, 3.05) is 6.54 Å². The highest BCUT2D eigenvalue weighted by molar-refractivity contribution is 5.99. The van der Waals surface area contributed by atoms with E-state index in [4.69, 9.17) is 10.5 Å². The van der Waals surface area contributed by atoms with Crippen LogP contribution in [0, 0.1) is 11.6 Å². The zero-order chi connectivity index (χ0) is 18.8. The monoisotopic (exact) mass is 360 g/mol. The Balaban J connectivity index is 1.72. The molecule has 2 aromatic carbocycles. The number of ether oxygens (including phenoxy) is 1. The van der Waals surface area contributed by atoms with Crippen LogP contribution >= 0.6 is 0 Å². The van der Waals surface area contributed by atoms with Crippen LogP contribution in [0.4, 0.5) is 8.78 Å². The molecule has 1 atom stereocenters. The van der Waals surface area contributed by atoms with Gasteiger partial charge in [0.05, 0.1) is 0 Å². The average molecular weight is 360 g/mol. The maximum atomic E-state index is 13.2. The molecule has 0 fully saturated rings. The van der Waals surface area contributed by atoms with Gasteiger partial charge in [0.25, 0.3) is 5.91 Å². The van der Waals surface area contributed by atoms with Crippen molar-refractivity contribution in [1.82, 2.24) is 4.90 Å². The molecule has 0 bridgehead atoms. The van der Waals surface area contributed by atoms with Gasteiger partial charge in [-0.05, 0) is 54.8 Å². The summed E-state index contributed by atoms with van der Waals surface area (Å²) in [6, 6.07) is 7.93. The van der Waals surface area contributed by atoms with Gasteiger partial charge in [-0.15, -0.1) is 0 Å². The Hall–Kier alpha value is -2.96. The fourth-order valence-electron chi connectivity index (χ4n) is 2.89. The lowest BCUT2D eigenvalue weighted by Crippen LogP contribution is -2.49. The van der Waals surface area contributed by atoms with E-state index in [2.05, 4.69) is 0 Å². The maximum Gasteiger partial charge on any atom is 0.254 e. The maximum absolute atomic E-state index is 13.2. The largest absolute Gasteiger partial charge is 0.489 e. The van der Waals surface area contributed by atoms with Crippen LogP contribution in [-0.4, -0.2) is 29.3 Å². The first-order valence-electron chi connectivity index (χ1n) is 8.16. The number of nitrogens with two attached hydrogens (primary N) is 1. The number of halogens is 2. The second-order valence-corrected chi connectivity index (χ2v) is 6.18. The number of rotatable bonds is 5. The quantitative estimate of drug-likeness (QED) is 0.890. The van der Waals surface area contributed by atoms with Crippen molar-refractivity contribution in [3.05, 3.63) is 64.7 Å². The Morgan fingerprint density at radius 1 is 1.23 bits per heavy atom. The van der Waals surface area contributed by atoms with E-state index in [1.165, 1.54) is 11.0 Å². The van der Waals surface area contributed by atoms with Crippen molar-refractivity contribution >= 4 is 11.8 Å². The van der Waals surface area contributed by atoms with Crippen LogP contribution in [0.3, 0.4) is 0 Å². The molecule has 0 spiro atoms. The second kappa shape index (κ2) is 7.11. The summed E-state index contributed by atoms with van der Waals surface area (Å²) in [6.45, 7) is 2.07. The summed E-state index contributed by atoms with van der Waals surface area (Å²) in [4.78, 5) is 25.3. The number of primary amides is 1. The Morgan fingerprint density at radius 2 is 2.00 bits per heavy atom. The summed E-state index contributed by atoms with van der Waals surface area (Å²) in [5, 5.41) is 0. The number of nitrogens with zero attached hydrogens (tertiary/aromatic N) is 1. The molecule has 3 rings (SSSR count). The number of fused-ring (bicyclic) bond motifs is 1. The lowest BCUT2D eigenvalue weighted by Gasteiger charge is -2.32. The molecule has 0 radical (unpaired) electrons. The number of carbonyl (C=O) groups is 2. The molecule has 26 heavy (non-hydrogen) atoms. The van der Waals surface area contributed by atoms with Gasteiger partial charge in [-0.2, -0.15) is 0 Å². The fraction of sp³-hybridized carbons (Fsp3) is 0.263. The number of hydrogen-bond donors (Lipinski definition) is 1. The topological polar surface area (TPSA) is 72.6 Å². The van der Waals surface area contributed by atoms with Crippen LogP contribution in [0.1, 0.15) is 28.4 Å². The first-order valence-corrected chi connectivity index (χ1v) is 8.16. The molecule has 0 aliphatic carbocycles. The summed E-state index contributed by atoms with van der Waals surface area (Å²) < 4.78 is 31.8. The van der Waals surface area contributed by atoms with Crippen molar-refractivity contribution < 1.29 is 23.1 Å². The molecule has 1 aliphatic rings. The van der Waals surface area contributed by atoms with Crippen molar-refractivity contribution in [2.24, 2.45) is 5.73 Å². The van der Waals surface area contributed by atoms with Gasteiger partial charge in [0.2, 0.25) is 5.91 Å². The van der Waals surface area contributed by atoms with Gasteiger partial charge in [0.15, 0.2) is 11.6 Å². The summed E-state index contributed by atoms with van der Waals surface area (Å²) in [5.41, 5.74) is 7.10. The predicted octanol–water partition coefficient (Wildman–Crippen LogP) is 2.42. The van der Waals surface area contributed by atoms with Crippen LogP contribution in [0.15, 0.2) is 36.4 Å². The number of hydrogen-bond acceptors (Lipinski definition) is 3. The first kappa shape index (κ1) is 17.8. The fourth-order valence-corrected chi connectivity index (χ4v) is 2.89. The van der Waals surface area contributed by atoms with Crippen LogP contribution in [-0.2, 0) is 17.8 Å². The van der Waals surface area contributed by atoms with E-state index in [0.29, 0.717) is 29.8 Å². The lowest BCUT2D eigenvalue weighted by atomic mass is 9.97. The molecule has 0 saturated carbocycles. The summed E-state index contributed by atoms with van der Waals surface area (Å²) in [7, 11) is 0. The lowest BCUT2D eigenvalue weighted by molar-refractivity contribution is -0.122. The van der Waals surface area contributed by atoms with Gasteiger partial charge >= 0.3 is 0 Å². The van der Waals surface area contributed by atoms with E-state index in [-0.39, 0.29) is 12.5 Å². The zero-order valence-electron chi connectivity index (χ0n) is 14.2. The van der Waals surface area contributed by atoms with Gasteiger partial charge in [0.1, 0.15) is 18.4 Å². The Labute approximate surface area is 149 Å². The van der Waals surface area contributed by atoms with Crippen molar-refractivity contribution in [1.29, 1.82) is 0 Å². The molecular formula is C19H18F2N2O3. The number of benzene rings is 2. The molecule has 1 aliphatic heterocycles. The molecule has 136 valence electrons. The first-order chi connectivity index (χ1) is 12.4. The van der Waals surface area contributed by atoms with Crippen molar-refractivity contribution in [3.63, 3.8) is 0 Å². The van der Waals surface area contributed by atoms with Crippen LogP contribution in [0.5, 0.6) is 5.75 Å². The van der Waals surface area contributed by atoms with Crippen LogP contribution in [0.2, 0.25) is 0 Å². The molecule has 0 saturated heterocycles. The van der Waals surface area contributed by atoms with E-state index in [9.17, 15) is 18.4 Å². The van der Waals surface area contributed by atoms with E-state index >= 15 is 0 Å². The molecule has 1 heterocycles. The zero-order valence-corrected chi connectivity index (χ0v) is 14.2. The highest BCUT2D eigenvalue weighted by Gasteiger charge is 2.30. The molecule has 2 N–H and O–H groups in total. The Morgan fingerprint density at radius 3 is 2.69 bits per heavy atom. The summed E-state index contributed by atoms with van der Waals surface area (Å²) >= 11 is 0. The average Bonchev–Trinajstić information content (AvgIpc) is 2.62. The number of amides is 2. The molecule has 2 amide bonds. The molecular weight excluding hydrogens is 342 g/mol. The van der Waals surface area contributed by atoms with E-state index in [1.54, 1.807) is 25.1 Å². The normalized spacial score (nSPS) is 14.7. The third-order valence-corrected chi connectivity index (χ3v) is 4.46. The SMILES string of the molecule is CC(C(N)=O)N1CCc2cc(OCc3ccc(F)c(F)c3)ccc2C1=O. The standard InChI is InChI=1S/C19H18F2N2O3/c1-11(18(22)24)23-7-6-13-9-14(3-4-15(13)19(23)25)26-10-12-2-5-16(20)17(21)8-12/h2-5,8-9,11H,6-7,10H2,1H3,(H2,22,24). The third kappa shape index (κ3) is 3.51. The highest BCUT2D eigenvalue weighted by Crippen LogP contribution is 2.25. The van der Waals surface area contributed by atoms with E-state index < -0.39 is 23.6 Å². The Kier molecular flexibility index (Phi) is 4.88. The third-order valence-electron chi connectivity index (χ3n) is 4.46. The minimum atomic E-state index is -0.925. The minimum Gasteiger partial charge on any atom is -0.489 e. The molecule has 5 nitrogen and oxygen atoms in total. The van der Waals surface area contributed by atoms with Gasteiger partial charge < -0.3 is 15.4 Å². The summed E-state index contributed by atoms with van der Waals surface area (Å²) in [5.74, 6) is -2.10. The van der Waals surface area contributed by atoms with Crippen LogP contribution in [0.25, 0.3) is 0 Å². The van der Waals surface area contributed by atoms with Crippen LogP contribution < -0.4 is 10.5 Å². The molecule has 7 heteroatoms. The predicted molar refractivity (Wildman–Crippen MR) is 90.5 cm³/mol. The smallest absolute Gasteiger partial charge is 0.254 e. The molecule has 0 aromatic heterocycles. The Bertz CT molecular complexity index is 870. The highest BCUT2D eigenvalue weighted by atomic mass is 19.2. The van der Waals surface area contributed by atoms with Crippen molar-refractivity contribution in [3.8, 4) is 5.75 Å². The summed E-state index contributed by atoms with van der Waals surface area (Å²) in [6.07, 6.45) is 0.571. The van der Waals surface area contributed by atoms with E-state index in [1.807, 2.05) is 0 Å². The minimum absolute atomic E-state index is 0.0781. The second-order valence-electron chi connectivity index (χ2n) is 6.18. The molecule has 1 unspecified atom stereocenters. The number of carbonyl (C=O) groups excluding carboxylic acids is 2. The van der Waals surface area contributed by atoms with Gasteiger partial charge in [-0.1, -0.05) is 6.07 Å². The van der Waals surface area contributed by atoms with Crippen molar-refractivity contribution in [2.45, 2.75) is 26.0 Å². The van der Waals surface area contributed by atoms with Gasteiger partial charge in [0, 0.05) is 12.1 Å². The van der Waals surface area contributed by atoms with Gasteiger partial charge in [-0.25, -0.2) is 8.78 Å². The van der Waals surface area contributed by atoms with E-state index in [0.717, 1.165) is 17.7 Å². The molecule has 2 aromatic rings.